The van der Waals surface area contributed by atoms with Crippen LogP contribution in [-0.4, -0.2) is 24.5 Å². The number of benzene rings is 1. The molecular formula is C17H27FN2. The first-order valence-corrected chi connectivity index (χ1v) is 7.79. The maximum Gasteiger partial charge on any atom is 0.123 e. The van der Waals surface area contributed by atoms with Crippen molar-refractivity contribution in [3.63, 3.8) is 0 Å². The number of rotatable bonds is 4. The van der Waals surface area contributed by atoms with Crippen molar-refractivity contribution in [2.45, 2.75) is 39.2 Å². The Bertz CT molecular complexity index is 419. The van der Waals surface area contributed by atoms with E-state index in [1.807, 2.05) is 6.07 Å². The van der Waals surface area contributed by atoms with E-state index in [0.717, 1.165) is 37.0 Å². The molecule has 1 aliphatic rings. The normalized spacial score (nSPS) is 22.8. The highest BCUT2D eigenvalue weighted by molar-refractivity contribution is 5.20. The molecule has 2 atom stereocenters. The van der Waals surface area contributed by atoms with Crippen molar-refractivity contribution in [3.8, 4) is 0 Å². The van der Waals surface area contributed by atoms with Gasteiger partial charge < -0.3 is 10.6 Å². The Morgan fingerprint density at radius 3 is 2.80 bits per heavy atom. The summed E-state index contributed by atoms with van der Waals surface area (Å²) >= 11 is 0. The summed E-state index contributed by atoms with van der Waals surface area (Å²) in [6.45, 7) is 7.70. The lowest BCUT2D eigenvalue weighted by Crippen LogP contribution is -2.33. The first-order chi connectivity index (χ1) is 9.56. The van der Waals surface area contributed by atoms with Crippen LogP contribution in [0, 0.1) is 17.7 Å². The topological polar surface area (TPSA) is 29.3 Å². The number of likely N-dealkylation sites (tertiary alicyclic amines) is 1. The Hall–Kier alpha value is -0.930. The zero-order valence-corrected chi connectivity index (χ0v) is 12.7. The summed E-state index contributed by atoms with van der Waals surface area (Å²) in [5.41, 5.74) is 7.13. The van der Waals surface area contributed by atoms with Gasteiger partial charge in [-0.2, -0.15) is 0 Å². The van der Waals surface area contributed by atoms with E-state index in [1.165, 1.54) is 25.3 Å². The second kappa shape index (κ2) is 7.19. The third-order valence-electron chi connectivity index (χ3n) is 4.54. The van der Waals surface area contributed by atoms with Crippen LogP contribution in [0.25, 0.3) is 0 Å². The minimum Gasteiger partial charge on any atom is -0.323 e. The lowest BCUT2D eigenvalue weighted by molar-refractivity contribution is 0.257. The Morgan fingerprint density at radius 2 is 2.10 bits per heavy atom. The molecule has 2 nitrogen and oxygen atoms in total. The third-order valence-corrected chi connectivity index (χ3v) is 4.54. The molecule has 1 aromatic carbocycles. The van der Waals surface area contributed by atoms with Crippen LogP contribution in [0.2, 0.25) is 0 Å². The number of hydrogen-bond acceptors (Lipinski definition) is 2. The number of hydrogen-bond donors (Lipinski definition) is 1. The van der Waals surface area contributed by atoms with Crippen LogP contribution >= 0.6 is 0 Å². The lowest BCUT2D eigenvalue weighted by atomic mass is 9.89. The van der Waals surface area contributed by atoms with Crippen molar-refractivity contribution in [3.05, 3.63) is 35.6 Å². The van der Waals surface area contributed by atoms with E-state index in [4.69, 9.17) is 5.73 Å². The van der Waals surface area contributed by atoms with Crippen molar-refractivity contribution in [2.24, 2.45) is 17.6 Å². The summed E-state index contributed by atoms with van der Waals surface area (Å²) in [5, 5.41) is 0. The van der Waals surface area contributed by atoms with Gasteiger partial charge in [0, 0.05) is 12.6 Å². The van der Waals surface area contributed by atoms with Gasteiger partial charge in [0.15, 0.2) is 0 Å². The quantitative estimate of drug-likeness (QED) is 0.912. The molecule has 2 unspecified atom stereocenters. The minimum atomic E-state index is -0.200. The van der Waals surface area contributed by atoms with Crippen molar-refractivity contribution in [1.29, 1.82) is 0 Å². The summed E-state index contributed by atoms with van der Waals surface area (Å²) in [7, 11) is 0. The smallest absolute Gasteiger partial charge is 0.123 e. The van der Waals surface area contributed by atoms with E-state index in [2.05, 4.69) is 18.7 Å². The molecule has 2 rings (SSSR count). The summed E-state index contributed by atoms with van der Waals surface area (Å²) in [4.78, 5) is 2.44. The second-order valence-electron chi connectivity index (χ2n) is 6.40. The highest BCUT2D eigenvalue weighted by Gasteiger charge is 2.21. The lowest BCUT2D eigenvalue weighted by Gasteiger charge is -2.24. The molecule has 0 aromatic heterocycles. The Kier molecular flexibility index (Phi) is 5.55. The first kappa shape index (κ1) is 15.5. The van der Waals surface area contributed by atoms with E-state index in [9.17, 15) is 4.39 Å². The SMILES string of the molecule is CC(C)C1CCCN(CC(N)c2cccc(F)c2)CC1. The summed E-state index contributed by atoms with van der Waals surface area (Å²) < 4.78 is 13.2. The second-order valence-corrected chi connectivity index (χ2v) is 6.40. The van der Waals surface area contributed by atoms with E-state index in [1.54, 1.807) is 12.1 Å². The monoisotopic (exact) mass is 278 g/mol. The summed E-state index contributed by atoms with van der Waals surface area (Å²) in [6, 6.07) is 6.58. The molecule has 0 bridgehead atoms. The third kappa shape index (κ3) is 4.29. The molecule has 3 heteroatoms. The Labute approximate surface area is 122 Å². The molecule has 20 heavy (non-hydrogen) atoms. The van der Waals surface area contributed by atoms with Gasteiger partial charge in [-0.25, -0.2) is 4.39 Å². The molecule has 2 N–H and O–H groups in total. The molecule has 112 valence electrons. The van der Waals surface area contributed by atoms with E-state index < -0.39 is 0 Å². The number of halogens is 1. The van der Waals surface area contributed by atoms with Gasteiger partial charge in [-0.05, 0) is 61.9 Å². The van der Waals surface area contributed by atoms with Crippen molar-refractivity contribution in [1.82, 2.24) is 4.90 Å². The van der Waals surface area contributed by atoms with Crippen LogP contribution in [0.5, 0.6) is 0 Å². The maximum absolute atomic E-state index is 13.2. The van der Waals surface area contributed by atoms with Gasteiger partial charge in [0.2, 0.25) is 0 Å². The van der Waals surface area contributed by atoms with E-state index in [-0.39, 0.29) is 11.9 Å². The molecular weight excluding hydrogens is 251 g/mol. The zero-order chi connectivity index (χ0) is 14.5. The first-order valence-electron chi connectivity index (χ1n) is 7.79. The van der Waals surface area contributed by atoms with Crippen LogP contribution in [0.3, 0.4) is 0 Å². The molecule has 1 fully saturated rings. The maximum atomic E-state index is 13.2. The Morgan fingerprint density at radius 1 is 1.30 bits per heavy atom. The van der Waals surface area contributed by atoms with E-state index >= 15 is 0 Å². The fraction of sp³-hybridized carbons (Fsp3) is 0.647. The molecule has 1 aromatic rings. The van der Waals surface area contributed by atoms with Gasteiger partial charge in [-0.1, -0.05) is 26.0 Å². The van der Waals surface area contributed by atoms with Gasteiger partial charge in [0.1, 0.15) is 5.82 Å². The highest BCUT2D eigenvalue weighted by atomic mass is 19.1. The number of nitrogens with two attached hydrogens (primary N) is 1. The molecule has 0 spiro atoms. The van der Waals surface area contributed by atoms with E-state index in [0.29, 0.717) is 0 Å². The average molecular weight is 278 g/mol. The summed E-state index contributed by atoms with van der Waals surface area (Å²) in [6.07, 6.45) is 3.83. The van der Waals surface area contributed by atoms with Crippen molar-refractivity contribution < 1.29 is 4.39 Å². The van der Waals surface area contributed by atoms with Gasteiger partial charge in [-0.3, -0.25) is 0 Å². The molecule has 0 radical (unpaired) electrons. The van der Waals surface area contributed by atoms with Crippen molar-refractivity contribution >= 4 is 0 Å². The molecule has 1 heterocycles. The predicted molar refractivity (Wildman–Crippen MR) is 81.9 cm³/mol. The van der Waals surface area contributed by atoms with Crippen LogP contribution in [-0.2, 0) is 0 Å². The fourth-order valence-electron chi connectivity index (χ4n) is 3.15. The van der Waals surface area contributed by atoms with Gasteiger partial charge in [0.05, 0.1) is 0 Å². The van der Waals surface area contributed by atoms with Crippen LogP contribution in [0.4, 0.5) is 4.39 Å². The van der Waals surface area contributed by atoms with Gasteiger partial charge in [0.25, 0.3) is 0 Å². The Balaban J connectivity index is 1.90. The average Bonchev–Trinajstić information content (AvgIpc) is 2.64. The van der Waals surface area contributed by atoms with Gasteiger partial charge in [-0.15, -0.1) is 0 Å². The largest absolute Gasteiger partial charge is 0.323 e. The molecule has 0 amide bonds. The molecule has 0 aliphatic carbocycles. The molecule has 0 saturated carbocycles. The number of nitrogens with zero attached hydrogens (tertiary/aromatic N) is 1. The van der Waals surface area contributed by atoms with Crippen LogP contribution in [0.15, 0.2) is 24.3 Å². The minimum absolute atomic E-state index is 0.0960. The predicted octanol–water partition coefficient (Wildman–Crippen LogP) is 3.58. The zero-order valence-electron chi connectivity index (χ0n) is 12.7. The van der Waals surface area contributed by atoms with Crippen LogP contribution in [0.1, 0.15) is 44.7 Å². The molecule has 1 saturated heterocycles. The van der Waals surface area contributed by atoms with Gasteiger partial charge >= 0.3 is 0 Å². The summed E-state index contributed by atoms with van der Waals surface area (Å²) in [5.74, 6) is 1.41. The fourth-order valence-corrected chi connectivity index (χ4v) is 3.15. The van der Waals surface area contributed by atoms with Crippen molar-refractivity contribution in [2.75, 3.05) is 19.6 Å². The molecule has 1 aliphatic heterocycles. The standard InChI is InChI=1S/C17H27FN2/c1-13(2)14-6-4-9-20(10-8-14)12-17(19)15-5-3-7-16(18)11-15/h3,5,7,11,13-14,17H,4,6,8-10,12,19H2,1-2H3. The highest BCUT2D eigenvalue weighted by Crippen LogP contribution is 2.25. The van der Waals surface area contributed by atoms with Crippen LogP contribution < -0.4 is 5.73 Å².